The Bertz CT molecular complexity index is 748. The summed E-state index contributed by atoms with van der Waals surface area (Å²) in [6.45, 7) is 5.18. The summed E-state index contributed by atoms with van der Waals surface area (Å²) >= 11 is 0. The average molecular weight is 316 g/mol. The molecule has 0 spiro atoms. The van der Waals surface area contributed by atoms with E-state index in [-0.39, 0.29) is 5.91 Å². The molecule has 2 aromatic rings. The molecule has 3 rings (SSSR count). The molecular formula is C17H20N2O2S. The van der Waals surface area contributed by atoms with E-state index < -0.39 is 10.8 Å². The molecule has 0 saturated carbocycles. The van der Waals surface area contributed by atoms with Crippen LogP contribution in [0.3, 0.4) is 0 Å². The van der Waals surface area contributed by atoms with E-state index in [1.807, 2.05) is 36.1 Å². The van der Waals surface area contributed by atoms with Gasteiger partial charge in [-0.2, -0.15) is 0 Å². The summed E-state index contributed by atoms with van der Waals surface area (Å²) in [5.41, 5.74) is 3.57. The van der Waals surface area contributed by atoms with Crippen LogP contribution < -0.4 is 0 Å². The van der Waals surface area contributed by atoms with Gasteiger partial charge in [0.05, 0.1) is 11.1 Å². The highest BCUT2D eigenvalue weighted by Crippen LogP contribution is 2.25. The van der Waals surface area contributed by atoms with Gasteiger partial charge in [-0.05, 0) is 25.0 Å². The number of amides is 1. The van der Waals surface area contributed by atoms with Gasteiger partial charge in [0.1, 0.15) is 0 Å². The molecule has 1 fully saturated rings. The Morgan fingerprint density at radius 2 is 1.95 bits per heavy atom. The molecule has 2 heterocycles. The number of rotatable bonds is 2. The Balaban J connectivity index is 2.10. The van der Waals surface area contributed by atoms with Crippen LogP contribution in [0.4, 0.5) is 0 Å². The fraction of sp³-hybridized carbons (Fsp3) is 0.412. The van der Waals surface area contributed by atoms with E-state index in [1.165, 1.54) is 0 Å². The average Bonchev–Trinajstić information content (AvgIpc) is 2.54. The normalized spacial score (nSPS) is 16.2. The fourth-order valence-electron chi connectivity index (χ4n) is 2.98. The highest BCUT2D eigenvalue weighted by molar-refractivity contribution is 7.85. The number of hydrogen-bond donors (Lipinski definition) is 0. The number of para-hydroxylation sites is 1. The zero-order chi connectivity index (χ0) is 15.7. The minimum Gasteiger partial charge on any atom is -0.337 e. The molecule has 0 unspecified atom stereocenters. The van der Waals surface area contributed by atoms with E-state index in [1.54, 1.807) is 0 Å². The number of carbonyl (C=O) groups is 1. The summed E-state index contributed by atoms with van der Waals surface area (Å²) < 4.78 is 11.5. The van der Waals surface area contributed by atoms with Gasteiger partial charge in [0, 0.05) is 46.5 Å². The summed E-state index contributed by atoms with van der Waals surface area (Å²) in [4.78, 5) is 19.5. The largest absolute Gasteiger partial charge is 0.337 e. The Morgan fingerprint density at radius 1 is 1.27 bits per heavy atom. The van der Waals surface area contributed by atoms with Crippen molar-refractivity contribution >= 4 is 27.6 Å². The summed E-state index contributed by atoms with van der Waals surface area (Å²) in [6.07, 6.45) is 0.807. The quantitative estimate of drug-likeness (QED) is 0.854. The van der Waals surface area contributed by atoms with E-state index >= 15 is 0 Å². The Morgan fingerprint density at radius 3 is 2.64 bits per heavy atom. The van der Waals surface area contributed by atoms with Gasteiger partial charge in [-0.3, -0.25) is 14.0 Å². The number of carbonyl (C=O) groups excluding carboxylic acids is 1. The summed E-state index contributed by atoms with van der Waals surface area (Å²) in [7, 11) is -0.779. The monoisotopic (exact) mass is 316 g/mol. The molecule has 22 heavy (non-hydrogen) atoms. The van der Waals surface area contributed by atoms with Crippen LogP contribution in [-0.2, 0) is 17.2 Å². The molecule has 0 bridgehead atoms. The molecule has 116 valence electrons. The van der Waals surface area contributed by atoms with Crippen molar-refractivity contribution in [1.29, 1.82) is 0 Å². The minimum absolute atomic E-state index is 0.0440. The van der Waals surface area contributed by atoms with E-state index in [9.17, 15) is 9.00 Å². The van der Waals surface area contributed by atoms with E-state index in [4.69, 9.17) is 0 Å². The lowest BCUT2D eigenvalue weighted by Gasteiger charge is -2.27. The molecule has 1 saturated heterocycles. The van der Waals surface area contributed by atoms with Crippen LogP contribution in [0.5, 0.6) is 0 Å². The molecule has 1 aromatic heterocycles. The van der Waals surface area contributed by atoms with Crippen molar-refractivity contribution in [1.82, 2.24) is 9.88 Å². The van der Waals surface area contributed by atoms with Gasteiger partial charge in [0.25, 0.3) is 5.91 Å². The van der Waals surface area contributed by atoms with Crippen LogP contribution in [0.1, 0.15) is 28.5 Å². The lowest BCUT2D eigenvalue weighted by molar-refractivity contribution is 0.0772. The van der Waals surface area contributed by atoms with Crippen molar-refractivity contribution in [3.05, 3.63) is 41.1 Å². The lowest BCUT2D eigenvalue weighted by atomic mass is 9.99. The molecule has 0 atom stereocenters. The minimum atomic E-state index is -0.779. The first-order valence-corrected chi connectivity index (χ1v) is 9.13. The van der Waals surface area contributed by atoms with Crippen molar-refractivity contribution in [2.45, 2.75) is 20.3 Å². The smallest absolute Gasteiger partial charge is 0.254 e. The van der Waals surface area contributed by atoms with Gasteiger partial charge in [-0.25, -0.2) is 0 Å². The fourth-order valence-corrected chi connectivity index (χ4v) is 4.03. The second kappa shape index (κ2) is 6.16. The SMILES string of the molecule is CCc1nc2ccccc2c(C(=O)N2CCS(=O)CC2)c1C. The van der Waals surface area contributed by atoms with Crippen LogP contribution in [0.2, 0.25) is 0 Å². The summed E-state index contributed by atoms with van der Waals surface area (Å²) in [6, 6.07) is 7.81. The third-order valence-corrected chi connectivity index (χ3v) is 5.53. The van der Waals surface area contributed by atoms with Gasteiger partial charge in [-0.1, -0.05) is 25.1 Å². The molecular weight excluding hydrogens is 296 g/mol. The predicted octanol–water partition coefficient (Wildman–Crippen LogP) is 2.31. The first-order valence-electron chi connectivity index (χ1n) is 7.64. The molecule has 1 aromatic carbocycles. The summed E-state index contributed by atoms with van der Waals surface area (Å²) in [5.74, 6) is 1.20. The van der Waals surface area contributed by atoms with Crippen molar-refractivity contribution in [3.63, 3.8) is 0 Å². The molecule has 1 aliphatic rings. The highest BCUT2D eigenvalue weighted by atomic mass is 32.2. The van der Waals surface area contributed by atoms with Gasteiger partial charge in [0.15, 0.2) is 0 Å². The zero-order valence-corrected chi connectivity index (χ0v) is 13.8. The lowest BCUT2D eigenvalue weighted by Crippen LogP contribution is -2.42. The van der Waals surface area contributed by atoms with Crippen LogP contribution in [0.25, 0.3) is 10.9 Å². The van der Waals surface area contributed by atoms with Crippen molar-refractivity contribution in [2.24, 2.45) is 0 Å². The van der Waals surface area contributed by atoms with Crippen LogP contribution in [0.15, 0.2) is 24.3 Å². The Kier molecular flexibility index (Phi) is 4.25. The van der Waals surface area contributed by atoms with Crippen molar-refractivity contribution in [2.75, 3.05) is 24.6 Å². The molecule has 0 radical (unpaired) electrons. The number of aryl methyl sites for hydroxylation is 1. The number of nitrogens with zero attached hydrogens (tertiary/aromatic N) is 2. The van der Waals surface area contributed by atoms with Gasteiger partial charge in [0.2, 0.25) is 0 Å². The molecule has 1 aliphatic heterocycles. The van der Waals surface area contributed by atoms with E-state index in [0.29, 0.717) is 24.6 Å². The van der Waals surface area contributed by atoms with Gasteiger partial charge in [-0.15, -0.1) is 0 Å². The maximum Gasteiger partial charge on any atom is 0.254 e. The zero-order valence-electron chi connectivity index (χ0n) is 13.0. The molecule has 5 heteroatoms. The second-order valence-electron chi connectivity index (χ2n) is 5.57. The molecule has 0 N–H and O–H groups in total. The third-order valence-electron chi connectivity index (χ3n) is 4.25. The number of pyridine rings is 1. The second-order valence-corrected chi connectivity index (χ2v) is 7.27. The van der Waals surface area contributed by atoms with Gasteiger partial charge < -0.3 is 4.90 Å². The Labute approximate surface area is 133 Å². The van der Waals surface area contributed by atoms with Crippen molar-refractivity contribution in [3.8, 4) is 0 Å². The first-order chi connectivity index (χ1) is 10.6. The first kappa shape index (κ1) is 15.2. The predicted molar refractivity (Wildman–Crippen MR) is 89.6 cm³/mol. The third kappa shape index (κ3) is 2.65. The van der Waals surface area contributed by atoms with Crippen LogP contribution in [0, 0.1) is 6.92 Å². The maximum absolute atomic E-state index is 13.0. The summed E-state index contributed by atoms with van der Waals surface area (Å²) in [5, 5.41) is 0.911. The van der Waals surface area contributed by atoms with E-state index in [0.717, 1.165) is 34.1 Å². The van der Waals surface area contributed by atoms with Crippen LogP contribution in [-0.4, -0.2) is 44.6 Å². The van der Waals surface area contributed by atoms with Crippen molar-refractivity contribution < 1.29 is 9.00 Å². The molecule has 0 aliphatic carbocycles. The number of fused-ring (bicyclic) bond motifs is 1. The number of hydrogen-bond acceptors (Lipinski definition) is 3. The van der Waals surface area contributed by atoms with Gasteiger partial charge >= 0.3 is 0 Å². The standard InChI is InChI=1S/C17H20N2O2S/c1-3-14-12(2)16(13-6-4-5-7-15(13)18-14)17(20)19-8-10-22(21)11-9-19/h4-7H,3,8-11H2,1-2H3. The number of benzene rings is 1. The Hall–Kier alpha value is -1.75. The molecule has 4 nitrogen and oxygen atoms in total. The maximum atomic E-state index is 13.0. The van der Waals surface area contributed by atoms with E-state index in [2.05, 4.69) is 11.9 Å². The highest BCUT2D eigenvalue weighted by Gasteiger charge is 2.25. The molecule has 1 amide bonds. The topological polar surface area (TPSA) is 50.3 Å². The number of aromatic nitrogens is 1. The van der Waals surface area contributed by atoms with Crippen LogP contribution >= 0.6 is 0 Å².